The lowest BCUT2D eigenvalue weighted by atomic mass is 10.1. The Balaban J connectivity index is 1.56. The number of nitro benzene ring substituents is 1. The van der Waals surface area contributed by atoms with Crippen molar-refractivity contribution in [2.45, 2.75) is 32.3 Å². The molecule has 0 atom stereocenters. The first kappa shape index (κ1) is 23.9. The van der Waals surface area contributed by atoms with Crippen molar-refractivity contribution in [2.75, 3.05) is 16.4 Å². The smallest absolute Gasteiger partial charge is 0.274 e. The summed E-state index contributed by atoms with van der Waals surface area (Å²) in [5.41, 5.74) is 3.64. The molecule has 1 heterocycles. The van der Waals surface area contributed by atoms with Gasteiger partial charge in [-0.3, -0.25) is 19.7 Å². The predicted octanol–water partition coefficient (Wildman–Crippen LogP) is 3.56. The summed E-state index contributed by atoms with van der Waals surface area (Å²) in [4.78, 5) is 35.3. The van der Waals surface area contributed by atoms with Gasteiger partial charge in [-0.05, 0) is 38.5 Å². The lowest BCUT2D eigenvalue weighted by Gasteiger charge is -2.09. The summed E-state index contributed by atoms with van der Waals surface area (Å²) >= 11 is 1.16. The standard InChI is InChI=1S/C22H24N6O4S/c1-13-5-8-17(15(3)9-13)24-20(29)11-19-25-26-22(27(19)4)33-12-21(30)23-16-7-6-14(2)18(10-16)28(31)32/h5-10H,11-12H2,1-4H3,(H,23,30)(H,24,29). The normalized spacial score (nSPS) is 10.7. The first-order valence-electron chi connectivity index (χ1n) is 10.1. The minimum atomic E-state index is -0.489. The van der Waals surface area contributed by atoms with Crippen LogP contribution < -0.4 is 10.6 Å². The van der Waals surface area contributed by atoms with Crippen molar-refractivity contribution in [3.8, 4) is 0 Å². The van der Waals surface area contributed by atoms with Crippen LogP contribution >= 0.6 is 11.8 Å². The largest absolute Gasteiger partial charge is 0.325 e. The summed E-state index contributed by atoms with van der Waals surface area (Å²) in [6.45, 7) is 5.55. The minimum Gasteiger partial charge on any atom is -0.325 e. The Hall–Kier alpha value is -3.73. The topological polar surface area (TPSA) is 132 Å². The van der Waals surface area contributed by atoms with Crippen LogP contribution in [0.4, 0.5) is 17.1 Å². The van der Waals surface area contributed by atoms with E-state index in [2.05, 4.69) is 20.8 Å². The third kappa shape index (κ3) is 6.16. The molecule has 2 amide bonds. The number of carbonyl (C=O) groups excluding carboxylic acids is 2. The van der Waals surface area contributed by atoms with Crippen LogP contribution in [0, 0.1) is 30.9 Å². The van der Waals surface area contributed by atoms with Crippen LogP contribution in [-0.4, -0.2) is 37.3 Å². The molecule has 0 unspecified atom stereocenters. The molecule has 3 rings (SSSR count). The fourth-order valence-electron chi connectivity index (χ4n) is 3.13. The molecule has 0 saturated heterocycles. The molecule has 0 aliphatic heterocycles. The number of anilines is 2. The van der Waals surface area contributed by atoms with Crippen LogP contribution in [0.25, 0.3) is 0 Å². The summed E-state index contributed by atoms with van der Waals surface area (Å²) in [7, 11) is 1.73. The summed E-state index contributed by atoms with van der Waals surface area (Å²) in [5.74, 6) is -0.0556. The molecule has 0 saturated carbocycles. The van der Waals surface area contributed by atoms with E-state index >= 15 is 0 Å². The van der Waals surface area contributed by atoms with E-state index < -0.39 is 4.92 Å². The van der Waals surface area contributed by atoms with Crippen LogP contribution in [0.1, 0.15) is 22.5 Å². The number of hydrogen-bond acceptors (Lipinski definition) is 7. The van der Waals surface area contributed by atoms with E-state index in [0.717, 1.165) is 28.6 Å². The summed E-state index contributed by atoms with van der Waals surface area (Å²) in [5, 5.41) is 25.2. The van der Waals surface area contributed by atoms with Gasteiger partial charge in [-0.2, -0.15) is 0 Å². The third-order valence-corrected chi connectivity index (χ3v) is 5.94. The highest BCUT2D eigenvalue weighted by atomic mass is 32.2. The lowest BCUT2D eigenvalue weighted by Crippen LogP contribution is -2.18. The predicted molar refractivity (Wildman–Crippen MR) is 126 cm³/mol. The molecule has 2 N–H and O–H groups in total. The van der Waals surface area contributed by atoms with E-state index in [4.69, 9.17) is 0 Å². The van der Waals surface area contributed by atoms with Gasteiger partial charge in [0.1, 0.15) is 5.82 Å². The van der Waals surface area contributed by atoms with Crippen molar-refractivity contribution in [3.05, 3.63) is 69.0 Å². The zero-order chi connectivity index (χ0) is 24.1. The van der Waals surface area contributed by atoms with Gasteiger partial charge in [0.15, 0.2) is 5.16 Å². The van der Waals surface area contributed by atoms with Crippen molar-refractivity contribution < 1.29 is 14.5 Å². The van der Waals surface area contributed by atoms with E-state index in [1.54, 1.807) is 30.7 Å². The molecule has 3 aromatic rings. The second kappa shape index (κ2) is 10.3. The number of nitrogens with one attached hydrogen (secondary N) is 2. The first-order valence-corrected chi connectivity index (χ1v) is 11.1. The van der Waals surface area contributed by atoms with Gasteiger partial charge in [0.25, 0.3) is 5.69 Å². The molecule has 11 heteroatoms. The van der Waals surface area contributed by atoms with E-state index in [0.29, 0.717) is 22.2 Å². The van der Waals surface area contributed by atoms with E-state index in [1.165, 1.54) is 6.07 Å². The molecule has 0 spiro atoms. The van der Waals surface area contributed by atoms with Crippen LogP contribution in [0.15, 0.2) is 41.6 Å². The van der Waals surface area contributed by atoms with Crippen LogP contribution in [0.2, 0.25) is 0 Å². The van der Waals surface area contributed by atoms with Gasteiger partial charge in [-0.25, -0.2) is 0 Å². The van der Waals surface area contributed by atoms with E-state index in [9.17, 15) is 19.7 Å². The number of amides is 2. The van der Waals surface area contributed by atoms with Gasteiger partial charge >= 0.3 is 0 Å². The molecule has 172 valence electrons. The Morgan fingerprint density at radius 2 is 1.79 bits per heavy atom. The highest BCUT2D eigenvalue weighted by Crippen LogP contribution is 2.23. The van der Waals surface area contributed by atoms with Crippen molar-refractivity contribution in [2.24, 2.45) is 7.05 Å². The van der Waals surface area contributed by atoms with Gasteiger partial charge in [0, 0.05) is 30.1 Å². The number of nitrogens with zero attached hydrogens (tertiary/aromatic N) is 4. The molecule has 33 heavy (non-hydrogen) atoms. The van der Waals surface area contributed by atoms with Gasteiger partial charge in [-0.15, -0.1) is 10.2 Å². The van der Waals surface area contributed by atoms with Crippen LogP contribution in [0.5, 0.6) is 0 Å². The van der Waals surface area contributed by atoms with Crippen molar-refractivity contribution >= 4 is 40.6 Å². The molecule has 0 radical (unpaired) electrons. The maximum Gasteiger partial charge on any atom is 0.274 e. The average Bonchev–Trinajstić information content (AvgIpc) is 3.09. The van der Waals surface area contributed by atoms with Gasteiger partial charge in [-0.1, -0.05) is 35.5 Å². The summed E-state index contributed by atoms with van der Waals surface area (Å²) in [6, 6.07) is 10.3. The summed E-state index contributed by atoms with van der Waals surface area (Å²) in [6.07, 6.45) is 0.0383. The fraction of sp³-hybridized carbons (Fsp3) is 0.273. The highest BCUT2D eigenvalue weighted by Gasteiger charge is 2.16. The van der Waals surface area contributed by atoms with Crippen molar-refractivity contribution in [3.63, 3.8) is 0 Å². The zero-order valence-electron chi connectivity index (χ0n) is 18.7. The zero-order valence-corrected chi connectivity index (χ0v) is 19.5. The Labute approximate surface area is 194 Å². The Kier molecular flexibility index (Phi) is 7.44. The average molecular weight is 469 g/mol. The first-order chi connectivity index (χ1) is 15.6. The number of carbonyl (C=O) groups is 2. The quantitative estimate of drug-likeness (QED) is 0.293. The number of aryl methyl sites for hydroxylation is 3. The van der Waals surface area contributed by atoms with E-state index in [-0.39, 0.29) is 29.7 Å². The molecule has 2 aromatic carbocycles. The fourth-order valence-corrected chi connectivity index (χ4v) is 3.86. The SMILES string of the molecule is Cc1ccc(NC(=O)Cc2nnc(SCC(=O)Nc3ccc(C)c([N+](=O)[O-])c3)n2C)c(C)c1. The maximum atomic E-state index is 12.4. The van der Waals surface area contributed by atoms with E-state index in [1.807, 2.05) is 32.0 Å². The third-order valence-electron chi connectivity index (χ3n) is 4.92. The minimum absolute atomic E-state index is 0.0302. The second-order valence-corrected chi connectivity index (χ2v) is 8.54. The monoisotopic (exact) mass is 468 g/mol. The second-order valence-electron chi connectivity index (χ2n) is 7.60. The van der Waals surface area contributed by atoms with Gasteiger partial charge in [0.2, 0.25) is 11.8 Å². The molecule has 0 fully saturated rings. The number of benzene rings is 2. The molecule has 1 aromatic heterocycles. The van der Waals surface area contributed by atoms with Crippen LogP contribution in [-0.2, 0) is 23.1 Å². The number of aromatic nitrogens is 3. The number of hydrogen-bond donors (Lipinski definition) is 2. The molecule has 0 aliphatic carbocycles. The van der Waals surface area contributed by atoms with Crippen molar-refractivity contribution in [1.82, 2.24) is 14.8 Å². The van der Waals surface area contributed by atoms with Gasteiger partial charge in [0.05, 0.1) is 17.1 Å². The number of nitro groups is 1. The molecular formula is C22H24N6O4S. The maximum absolute atomic E-state index is 12.4. The molecule has 0 bridgehead atoms. The Morgan fingerprint density at radius 1 is 1.03 bits per heavy atom. The highest BCUT2D eigenvalue weighted by molar-refractivity contribution is 7.99. The lowest BCUT2D eigenvalue weighted by molar-refractivity contribution is -0.385. The molecule has 10 nitrogen and oxygen atoms in total. The van der Waals surface area contributed by atoms with Crippen LogP contribution in [0.3, 0.4) is 0 Å². The summed E-state index contributed by atoms with van der Waals surface area (Å²) < 4.78 is 1.66. The van der Waals surface area contributed by atoms with Crippen molar-refractivity contribution in [1.29, 1.82) is 0 Å². The molecule has 0 aliphatic rings. The molecular weight excluding hydrogens is 444 g/mol. The number of thioether (sulfide) groups is 1. The Morgan fingerprint density at radius 3 is 2.48 bits per heavy atom. The number of rotatable bonds is 8. The Bertz CT molecular complexity index is 1220. The van der Waals surface area contributed by atoms with Gasteiger partial charge < -0.3 is 15.2 Å².